The fourth-order valence-corrected chi connectivity index (χ4v) is 5.17. The summed E-state index contributed by atoms with van der Waals surface area (Å²) in [4.78, 5) is 20.3. The first-order valence-corrected chi connectivity index (χ1v) is 10.3. The van der Waals surface area contributed by atoms with Crippen molar-refractivity contribution in [3.05, 3.63) is 65.2 Å². The van der Waals surface area contributed by atoms with Gasteiger partial charge in [-0.05, 0) is 42.5 Å². The smallest absolute Gasteiger partial charge is 0.271 e. The van der Waals surface area contributed by atoms with Crippen molar-refractivity contribution in [3.8, 4) is 17.1 Å². The molecule has 32 heavy (non-hydrogen) atoms. The molecule has 7 nitrogen and oxygen atoms in total. The molecule has 0 aliphatic heterocycles. The number of carbonyl (C=O) groups is 1. The Bertz CT molecular complexity index is 1230. The van der Waals surface area contributed by atoms with Crippen LogP contribution in [0.5, 0.6) is 5.88 Å². The van der Waals surface area contributed by atoms with Crippen LogP contribution in [-0.2, 0) is 5.60 Å². The second-order valence-corrected chi connectivity index (χ2v) is 8.69. The number of amides is 1. The van der Waals surface area contributed by atoms with Gasteiger partial charge in [-0.25, -0.2) is 13.8 Å². The van der Waals surface area contributed by atoms with E-state index in [9.17, 15) is 13.6 Å². The van der Waals surface area contributed by atoms with Crippen LogP contribution in [-0.4, -0.2) is 33.1 Å². The average molecular weight is 437 g/mol. The SMILES string of the molecule is CNC(=O)c1cncc(O[C@@]23CC[C@@H](c4cc(-c5c(F)cccc5F)nnc42)C3(C)C)n1. The average Bonchev–Trinajstić information content (AvgIpc) is 3.13. The Labute approximate surface area is 183 Å². The first-order valence-electron chi connectivity index (χ1n) is 10.3. The van der Waals surface area contributed by atoms with Crippen molar-refractivity contribution in [2.45, 2.75) is 38.2 Å². The van der Waals surface area contributed by atoms with E-state index >= 15 is 0 Å². The summed E-state index contributed by atoms with van der Waals surface area (Å²) in [6.45, 7) is 4.15. The number of benzene rings is 1. The van der Waals surface area contributed by atoms with E-state index in [4.69, 9.17) is 4.74 Å². The molecule has 0 spiro atoms. The monoisotopic (exact) mass is 437 g/mol. The second kappa shape index (κ2) is 7.01. The van der Waals surface area contributed by atoms with Crippen molar-refractivity contribution in [2.75, 3.05) is 7.05 Å². The fraction of sp³-hybridized carbons (Fsp3) is 0.348. The predicted molar refractivity (Wildman–Crippen MR) is 111 cm³/mol. The summed E-state index contributed by atoms with van der Waals surface area (Å²) in [7, 11) is 1.51. The van der Waals surface area contributed by atoms with Gasteiger partial charge in [-0.2, -0.15) is 5.10 Å². The summed E-state index contributed by atoms with van der Waals surface area (Å²) in [5.41, 5.74) is 0.365. The van der Waals surface area contributed by atoms with Crippen molar-refractivity contribution in [3.63, 3.8) is 0 Å². The van der Waals surface area contributed by atoms with Gasteiger partial charge in [-0.15, -0.1) is 5.10 Å². The summed E-state index contributed by atoms with van der Waals surface area (Å²) in [5.74, 6) is -1.47. The molecule has 164 valence electrons. The normalized spacial score (nSPS) is 22.5. The number of ether oxygens (including phenoxy) is 1. The van der Waals surface area contributed by atoms with Crippen LogP contribution in [0.1, 0.15) is 54.4 Å². The van der Waals surface area contributed by atoms with Gasteiger partial charge in [0, 0.05) is 12.5 Å². The summed E-state index contributed by atoms with van der Waals surface area (Å²) in [6, 6.07) is 5.43. The van der Waals surface area contributed by atoms with Crippen LogP contribution in [0.3, 0.4) is 0 Å². The number of nitrogens with one attached hydrogen (secondary N) is 1. The third kappa shape index (κ3) is 2.73. The molecule has 1 fully saturated rings. The quantitative estimate of drug-likeness (QED) is 0.669. The second-order valence-electron chi connectivity index (χ2n) is 8.69. The van der Waals surface area contributed by atoms with Crippen molar-refractivity contribution in [1.29, 1.82) is 0 Å². The zero-order chi connectivity index (χ0) is 22.7. The highest BCUT2D eigenvalue weighted by molar-refractivity contribution is 5.91. The number of carbonyl (C=O) groups excluding carboxylic acids is 1. The van der Waals surface area contributed by atoms with Crippen molar-refractivity contribution >= 4 is 5.91 Å². The van der Waals surface area contributed by atoms with E-state index in [1.165, 1.54) is 37.6 Å². The molecule has 5 rings (SSSR count). The van der Waals surface area contributed by atoms with Gasteiger partial charge in [0.05, 0.1) is 23.7 Å². The largest absolute Gasteiger partial charge is 0.463 e. The van der Waals surface area contributed by atoms with E-state index in [1.807, 2.05) is 0 Å². The molecule has 1 aromatic carbocycles. The zero-order valence-corrected chi connectivity index (χ0v) is 17.8. The first-order chi connectivity index (χ1) is 15.3. The summed E-state index contributed by atoms with van der Waals surface area (Å²) >= 11 is 0. The number of hydrogen-bond acceptors (Lipinski definition) is 6. The number of hydrogen-bond donors (Lipinski definition) is 1. The molecule has 2 aliphatic rings. The molecule has 1 saturated carbocycles. The highest BCUT2D eigenvalue weighted by Gasteiger charge is 2.66. The van der Waals surface area contributed by atoms with Crippen LogP contribution < -0.4 is 10.1 Å². The molecule has 0 radical (unpaired) electrons. The van der Waals surface area contributed by atoms with Crippen LogP contribution >= 0.6 is 0 Å². The summed E-state index contributed by atoms with van der Waals surface area (Å²) < 4.78 is 35.1. The lowest BCUT2D eigenvalue weighted by atomic mass is 9.77. The van der Waals surface area contributed by atoms with E-state index in [0.717, 1.165) is 12.0 Å². The highest BCUT2D eigenvalue weighted by Crippen LogP contribution is 2.67. The van der Waals surface area contributed by atoms with E-state index in [0.29, 0.717) is 12.1 Å². The topological polar surface area (TPSA) is 89.9 Å². The Morgan fingerprint density at radius 3 is 2.66 bits per heavy atom. The maximum absolute atomic E-state index is 14.3. The molecule has 1 amide bonds. The van der Waals surface area contributed by atoms with Gasteiger partial charge in [0.15, 0.2) is 5.60 Å². The van der Waals surface area contributed by atoms with Gasteiger partial charge >= 0.3 is 0 Å². The number of nitrogens with zero attached hydrogens (tertiary/aromatic N) is 4. The molecule has 2 heterocycles. The Morgan fingerprint density at radius 1 is 1.19 bits per heavy atom. The maximum atomic E-state index is 14.3. The third-order valence-electron chi connectivity index (χ3n) is 6.85. The van der Waals surface area contributed by atoms with E-state index in [-0.39, 0.29) is 40.1 Å². The molecule has 2 bridgehead atoms. The van der Waals surface area contributed by atoms with Gasteiger partial charge in [0.2, 0.25) is 5.88 Å². The lowest BCUT2D eigenvalue weighted by molar-refractivity contribution is -0.0231. The Kier molecular flexibility index (Phi) is 4.47. The zero-order valence-electron chi connectivity index (χ0n) is 17.8. The number of rotatable bonds is 4. The molecule has 0 unspecified atom stereocenters. The third-order valence-corrected chi connectivity index (χ3v) is 6.85. The van der Waals surface area contributed by atoms with E-state index in [2.05, 4.69) is 39.3 Å². The minimum atomic E-state index is -0.845. The summed E-state index contributed by atoms with van der Waals surface area (Å²) in [5, 5.41) is 11.1. The van der Waals surface area contributed by atoms with Crippen LogP contribution in [0, 0.1) is 17.0 Å². The molecule has 1 N–H and O–H groups in total. The van der Waals surface area contributed by atoms with Gasteiger partial charge < -0.3 is 10.1 Å². The molecular formula is C23H21F2N5O2. The number of halogens is 2. The van der Waals surface area contributed by atoms with Crippen LogP contribution in [0.4, 0.5) is 8.78 Å². The standard InChI is InChI=1S/C23H21F2N5O2/c1-22(2)13-7-8-23(22,32-18-11-27-10-17(28-18)21(31)26-3)20-12(13)9-16(29-30-20)19-14(24)5-4-6-15(19)25/h4-6,9-11,13H,7-8H2,1-3H3,(H,26,31)/t13-,23-/m0/s1. The van der Waals surface area contributed by atoms with E-state index in [1.54, 1.807) is 6.07 Å². The molecule has 9 heteroatoms. The highest BCUT2D eigenvalue weighted by atomic mass is 19.1. The van der Waals surface area contributed by atoms with Crippen LogP contribution in [0.2, 0.25) is 0 Å². The first kappa shape index (κ1) is 20.4. The molecule has 3 aromatic rings. The van der Waals surface area contributed by atoms with Crippen LogP contribution in [0.25, 0.3) is 11.3 Å². The molecule has 2 aromatic heterocycles. The molecule has 2 aliphatic carbocycles. The van der Waals surface area contributed by atoms with Crippen molar-refractivity contribution in [2.24, 2.45) is 5.41 Å². The van der Waals surface area contributed by atoms with Crippen molar-refractivity contribution < 1.29 is 18.3 Å². The molecule has 2 atom stereocenters. The predicted octanol–water partition coefficient (Wildman–Crippen LogP) is 3.76. The number of fused-ring (bicyclic) bond motifs is 5. The van der Waals surface area contributed by atoms with Crippen molar-refractivity contribution in [1.82, 2.24) is 25.5 Å². The Hall–Kier alpha value is -3.49. The Morgan fingerprint density at radius 2 is 1.94 bits per heavy atom. The molecule has 0 saturated heterocycles. The Balaban J connectivity index is 1.60. The van der Waals surface area contributed by atoms with Gasteiger partial charge in [0.25, 0.3) is 5.91 Å². The number of aromatic nitrogens is 4. The van der Waals surface area contributed by atoms with Gasteiger partial charge in [-0.1, -0.05) is 19.9 Å². The molecular weight excluding hydrogens is 416 g/mol. The minimum absolute atomic E-state index is 0.0664. The lowest BCUT2D eigenvalue weighted by Gasteiger charge is -2.37. The fourth-order valence-electron chi connectivity index (χ4n) is 5.17. The maximum Gasteiger partial charge on any atom is 0.271 e. The summed E-state index contributed by atoms with van der Waals surface area (Å²) in [6.07, 6.45) is 4.31. The van der Waals surface area contributed by atoms with Gasteiger partial charge in [0.1, 0.15) is 23.0 Å². The van der Waals surface area contributed by atoms with Gasteiger partial charge in [-0.3, -0.25) is 9.78 Å². The van der Waals surface area contributed by atoms with E-state index < -0.39 is 17.2 Å². The minimum Gasteiger partial charge on any atom is -0.463 e. The van der Waals surface area contributed by atoms with Crippen LogP contribution in [0.15, 0.2) is 36.7 Å². The lowest BCUT2D eigenvalue weighted by Crippen LogP contribution is -2.41.